The number of thioether (sulfide) groups is 1. The van der Waals surface area contributed by atoms with Crippen LogP contribution in [0.5, 0.6) is 11.5 Å². The second-order valence-electron chi connectivity index (χ2n) is 8.34. The number of anilines is 1. The summed E-state index contributed by atoms with van der Waals surface area (Å²) in [5.74, 6) is 0.123. The summed E-state index contributed by atoms with van der Waals surface area (Å²) >= 11 is 0.626. The zero-order valence-electron chi connectivity index (χ0n) is 22.4. The van der Waals surface area contributed by atoms with Crippen molar-refractivity contribution in [1.29, 1.82) is 0 Å². The van der Waals surface area contributed by atoms with Crippen molar-refractivity contribution in [2.75, 3.05) is 12.4 Å². The number of pyridine rings is 3. The Morgan fingerprint density at radius 3 is 2.35 bits per heavy atom. The lowest BCUT2D eigenvalue weighted by atomic mass is 10.2. The SMILES string of the molecule is COc1cnc(C)cc1C.O=C(Nc1nc2ncc(-c3ccc(OC(F)F)cn3)nc2s1)c1ccc(SC(F)(F)F)nc1. The third-order valence-electron chi connectivity index (χ3n) is 5.21. The number of thiazole rings is 1. The van der Waals surface area contributed by atoms with Crippen LogP contribution in [0.2, 0.25) is 0 Å². The molecule has 0 aromatic carbocycles. The zero-order chi connectivity index (χ0) is 31.1. The van der Waals surface area contributed by atoms with Crippen molar-refractivity contribution in [3.63, 3.8) is 0 Å². The first-order valence-corrected chi connectivity index (χ1v) is 13.6. The van der Waals surface area contributed by atoms with Gasteiger partial charge in [-0.05, 0) is 49.7 Å². The van der Waals surface area contributed by atoms with Crippen molar-refractivity contribution in [2.24, 2.45) is 0 Å². The van der Waals surface area contributed by atoms with Gasteiger partial charge in [-0.2, -0.15) is 26.9 Å². The number of alkyl halides is 5. The summed E-state index contributed by atoms with van der Waals surface area (Å²) in [5.41, 5.74) is -1.34. The Balaban J connectivity index is 0.000000359. The van der Waals surface area contributed by atoms with E-state index in [1.165, 1.54) is 24.4 Å². The molecule has 0 aliphatic heterocycles. The highest BCUT2D eigenvalue weighted by molar-refractivity contribution is 8.00. The molecule has 0 atom stereocenters. The van der Waals surface area contributed by atoms with Gasteiger partial charge in [-0.25, -0.2) is 15.0 Å². The monoisotopic (exact) mass is 637 g/mol. The van der Waals surface area contributed by atoms with Crippen molar-refractivity contribution in [3.8, 4) is 22.9 Å². The minimum absolute atomic E-state index is 0.0395. The quantitative estimate of drug-likeness (QED) is 0.152. The topological polar surface area (TPSA) is 125 Å². The Labute approximate surface area is 248 Å². The van der Waals surface area contributed by atoms with E-state index in [2.05, 4.69) is 40.0 Å². The molecule has 1 amide bonds. The third kappa shape index (κ3) is 8.99. The largest absolute Gasteiger partial charge is 0.495 e. The standard InChI is InChI=1S/C18H9F5N6O2S2.C8H11NO/c19-16(20)31-9-2-3-10(24-6-9)11-7-26-13-15(27-11)32-17(28-13)29-14(30)8-1-4-12(25-5-8)33-18(21,22)23;1-6-4-7(2)9-5-8(6)10-3/h1-7,16H,(H,26,28,29,30);4-5H,1-3H3. The Morgan fingerprint density at radius 1 is 0.953 bits per heavy atom. The first kappa shape index (κ1) is 31.4. The van der Waals surface area contributed by atoms with E-state index >= 15 is 0 Å². The average Bonchev–Trinajstić information content (AvgIpc) is 3.34. The fraction of sp³-hybridized carbons (Fsp3) is 0.192. The summed E-state index contributed by atoms with van der Waals surface area (Å²) in [6.45, 7) is 1.01. The smallest absolute Gasteiger partial charge is 0.447 e. The molecule has 0 saturated heterocycles. The Morgan fingerprint density at radius 2 is 1.74 bits per heavy atom. The van der Waals surface area contributed by atoms with Crippen molar-refractivity contribution in [1.82, 2.24) is 29.9 Å². The number of halogens is 5. The maximum Gasteiger partial charge on any atom is 0.447 e. The maximum absolute atomic E-state index is 12.4. The van der Waals surface area contributed by atoms with Crippen LogP contribution < -0.4 is 14.8 Å². The Bertz CT molecular complexity index is 1700. The van der Waals surface area contributed by atoms with Gasteiger partial charge in [0.25, 0.3) is 5.91 Å². The molecule has 0 saturated carbocycles. The van der Waals surface area contributed by atoms with E-state index < -0.39 is 18.0 Å². The molecule has 5 aromatic heterocycles. The van der Waals surface area contributed by atoms with Gasteiger partial charge >= 0.3 is 12.1 Å². The van der Waals surface area contributed by atoms with Gasteiger partial charge in [0.1, 0.15) is 22.2 Å². The summed E-state index contributed by atoms with van der Waals surface area (Å²) < 4.78 is 70.9. The van der Waals surface area contributed by atoms with Crippen LogP contribution in [0.4, 0.5) is 27.1 Å². The number of fused-ring (bicyclic) bond motifs is 1. The molecule has 10 nitrogen and oxygen atoms in total. The Hall–Kier alpha value is -4.51. The van der Waals surface area contributed by atoms with E-state index in [0.29, 0.717) is 16.2 Å². The molecule has 0 aliphatic rings. The second-order valence-corrected chi connectivity index (χ2v) is 10.4. The predicted octanol–water partition coefficient (Wildman–Crippen LogP) is 6.72. The fourth-order valence-electron chi connectivity index (χ4n) is 3.36. The molecule has 17 heteroatoms. The number of amides is 1. The summed E-state index contributed by atoms with van der Waals surface area (Å²) in [7, 11) is 1.65. The van der Waals surface area contributed by atoms with Crippen molar-refractivity contribution >= 4 is 44.6 Å². The molecule has 0 fully saturated rings. The highest BCUT2D eigenvalue weighted by atomic mass is 32.2. The molecule has 43 heavy (non-hydrogen) atoms. The van der Waals surface area contributed by atoms with Crippen LogP contribution in [0.3, 0.4) is 0 Å². The number of rotatable bonds is 7. The molecular weight excluding hydrogens is 617 g/mol. The lowest BCUT2D eigenvalue weighted by molar-refractivity contribution is -0.0501. The van der Waals surface area contributed by atoms with E-state index in [4.69, 9.17) is 4.74 Å². The summed E-state index contributed by atoms with van der Waals surface area (Å²) in [5, 5.41) is 2.39. The van der Waals surface area contributed by atoms with Crippen molar-refractivity contribution in [3.05, 3.63) is 71.9 Å². The lowest BCUT2D eigenvalue weighted by Gasteiger charge is -2.05. The average molecular weight is 638 g/mol. The van der Waals surface area contributed by atoms with Crippen LogP contribution in [-0.4, -0.2) is 55.0 Å². The fourth-order valence-corrected chi connectivity index (χ4v) is 4.63. The van der Waals surface area contributed by atoms with Gasteiger partial charge in [0.15, 0.2) is 15.6 Å². The zero-order valence-corrected chi connectivity index (χ0v) is 24.0. The molecule has 5 heterocycles. The molecule has 0 unspecified atom stereocenters. The van der Waals surface area contributed by atoms with Crippen LogP contribution in [0.15, 0.2) is 60.1 Å². The highest BCUT2D eigenvalue weighted by Crippen LogP contribution is 2.35. The van der Waals surface area contributed by atoms with Gasteiger partial charge in [-0.1, -0.05) is 11.3 Å². The lowest BCUT2D eigenvalue weighted by Crippen LogP contribution is -2.12. The third-order valence-corrected chi connectivity index (χ3v) is 6.74. The van der Waals surface area contributed by atoms with Gasteiger partial charge < -0.3 is 9.47 Å². The second kappa shape index (κ2) is 13.6. The molecule has 0 radical (unpaired) electrons. The van der Waals surface area contributed by atoms with E-state index in [0.717, 1.165) is 46.8 Å². The minimum atomic E-state index is -4.48. The number of nitrogens with one attached hydrogen (secondary N) is 1. The van der Waals surface area contributed by atoms with E-state index in [1.807, 2.05) is 19.9 Å². The van der Waals surface area contributed by atoms with Crippen molar-refractivity contribution in [2.45, 2.75) is 31.0 Å². The summed E-state index contributed by atoms with van der Waals surface area (Å²) in [4.78, 5) is 37.1. The number of carbonyl (C=O) groups excluding carboxylic acids is 1. The number of hydrogen-bond donors (Lipinski definition) is 1. The number of methoxy groups -OCH3 is 1. The van der Waals surface area contributed by atoms with Gasteiger partial charge in [-0.15, -0.1) is 0 Å². The van der Waals surface area contributed by atoms with Crippen LogP contribution in [-0.2, 0) is 0 Å². The molecule has 224 valence electrons. The molecule has 0 bridgehead atoms. The molecule has 0 spiro atoms. The van der Waals surface area contributed by atoms with E-state index in [1.54, 1.807) is 13.3 Å². The summed E-state index contributed by atoms with van der Waals surface area (Å²) in [6, 6.07) is 7.05. The van der Waals surface area contributed by atoms with Crippen LogP contribution in [0.1, 0.15) is 21.6 Å². The number of nitrogens with zero attached hydrogens (tertiary/aromatic N) is 6. The van der Waals surface area contributed by atoms with Gasteiger partial charge in [0.05, 0.1) is 37.0 Å². The molecule has 5 rings (SSSR count). The van der Waals surface area contributed by atoms with Crippen molar-refractivity contribution < 1.29 is 36.2 Å². The summed E-state index contributed by atoms with van der Waals surface area (Å²) in [6.07, 6.45) is 5.27. The van der Waals surface area contributed by atoms with Gasteiger partial charge in [-0.3, -0.25) is 20.1 Å². The van der Waals surface area contributed by atoms with Crippen LogP contribution >= 0.6 is 23.1 Å². The van der Waals surface area contributed by atoms with Gasteiger partial charge in [0.2, 0.25) is 0 Å². The number of aromatic nitrogens is 6. The molecule has 5 aromatic rings. The first-order valence-electron chi connectivity index (χ1n) is 12.0. The number of ether oxygens (including phenoxy) is 2. The van der Waals surface area contributed by atoms with E-state index in [-0.39, 0.29) is 38.9 Å². The minimum Gasteiger partial charge on any atom is -0.495 e. The number of carbonyl (C=O) groups is 1. The Kier molecular flexibility index (Phi) is 9.97. The highest BCUT2D eigenvalue weighted by Gasteiger charge is 2.30. The first-order chi connectivity index (χ1) is 20.4. The predicted molar refractivity (Wildman–Crippen MR) is 149 cm³/mol. The molecular formula is C26H20F5N7O3S2. The van der Waals surface area contributed by atoms with Crippen LogP contribution in [0, 0.1) is 13.8 Å². The number of aryl methyl sites for hydroxylation is 2. The molecule has 1 N–H and O–H groups in total. The normalized spacial score (nSPS) is 11.2. The number of hydrogen-bond acceptors (Lipinski definition) is 11. The van der Waals surface area contributed by atoms with E-state index in [9.17, 15) is 26.7 Å². The van der Waals surface area contributed by atoms with Gasteiger partial charge in [0, 0.05) is 23.7 Å². The molecule has 0 aliphatic carbocycles. The maximum atomic E-state index is 12.4. The van der Waals surface area contributed by atoms with Crippen LogP contribution in [0.25, 0.3) is 21.9 Å².